The predicted octanol–water partition coefficient (Wildman–Crippen LogP) is 0.126. The van der Waals surface area contributed by atoms with Crippen molar-refractivity contribution in [3.63, 3.8) is 0 Å². The number of nitrogens with zero attached hydrogens (tertiary/aromatic N) is 2. The van der Waals surface area contributed by atoms with Crippen LogP contribution in [0.5, 0.6) is 0 Å². The van der Waals surface area contributed by atoms with Gasteiger partial charge in [0.25, 0.3) is 0 Å². The van der Waals surface area contributed by atoms with E-state index in [2.05, 4.69) is 29.6 Å². The van der Waals surface area contributed by atoms with Gasteiger partial charge in [0.15, 0.2) is 0 Å². The molecule has 1 atom stereocenters. The molecule has 0 aliphatic heterocycles. The van der Waals surface area contributed by atoms with Crippen molar-refractivity contribution in [1.29, 1.82) is 0 Å². The molecular weight excluding hydrogens is 244 g/mol. The topological polar surface area (TPSA) is 79.2 Å². The molecule has 1 rings (SSSR count). The number of carbonyl (C=O) groups excluding carboxylic acids is 1. The fourth-order valence-corrected chi connectivity index (χ4v) is 1.54. The average Bonchev–Trinajstić information content (AvgIpc) is 2.81. The van der Waals surface area contributed by atoms with Crippen molar-refractivity contribution in [2.75, 3.05) is 13.2 Å². The number of nitrogens with one attached hydrogen (secondary N) is 2. The number of hydrogen-bond donors (Lipinski definition) is 3. The zero-order valence-corrected chi connectivity index (χ0v) is 11.9. The van der Waals surface area contributed by atoms with E-state index in [9.17, 15) is 4.79 Å². The van der Waals surface area contributed by atoms with E-state index in [0.717, 1.165) is 5.56 Å². The van der Waals surface area contributed by atoms with Crippen LogP contribution in [0.1, 0.15) is 26.3 Å². The van der Waals surface area contributed by atoms with Crippen molar-refractivity contribution in [1.82, 2.24) is 20.4 Å². The van der Waals surface area contributed by atoms with Crippen LogP contribution in [0.3, 0.4) is 0 Å². The lowest BCUT2D eigenvalue weighted by Crippen LogP contribution is -2.42. The highest BCUT2D eigenvalue weighted by Gasteiger charge is 2.12. The summed E-state index contributed by atoms with van der Waals surface area (Å²) < 4.78 is 1.68. The van der Waals surface area contributed by atoms with Crippen LogP contribution in [-0.2, 0) is 17.9 Å². The molecule has 0 saturated heterocycles. The molecule has 1 amide bonds. The summed E-state index contributed by atoms with van der Waals surface area (Å²) in [7, 11) is 0. The smallest absolute Gasteiger partial charge is 0.236 e. The van der Waals surface area contributed by atoms with E-state index in [-0.39, 0.29) is 18.6 Å². The van der Waals surface area contributed by atoms with Crippen LogP contribution < -0.4 is 10.6 Å². The third kappa shape index (κ3) is 5.85. The van der Waals surface area contributed by atoms with Gasteiger partial charge in [0.1, 0.15) is 0 Å². The standard InChI is InChI=1S/C13H24N4O2/c1-10(2)6-15-13(19)11(3)14-7-12-8-16-17(9-12)4-5-18/h8-11,14,18H,4-7H2,1-3H3,(H,15,19). The van der Waals surface area contributed by atoms with E-state index in [1.54, 1.807) is 10.9 Å². The first-order valence-electron chi connectivity index (χ1n) is 6.66. The summed E-state index contributed by atoms with van der Waals surface area (Å²) in [5.74, 6) is 0.462. The van der Waals surface area contributed by atoms with Crippen LogP contribution in [0, 0.1) is 5.92 Å². The Morgan fingerprint density at radius 1 is 1.47 bits per heavy atom. The second-order valence-electron chi connectivity index (χ2n) is 5.08. The normalized spacial score (nSPS) is 12.7. The molecule has 0 spiro atoms. The molecular formula is C13H24N4O2. The summed E-state index contributed by atoms with van der Waals surface area (Å²) in [4.78, 5) is 11.7. The Hall–Kier alpha value is -1.40. The van der Waals surface area contributed by atoms with E-state index >= 15 is 0 Å². The van der Waals surface area contributed by atoms with Gasteiger partial charge in [-0.2, -0.15) is 5.10 Å². The molecule has 0 bridgehead atoms. The molecule has 0 saturated carbocycles. The Bertz CT molecular complexity index is 390. The molecule has 3 N–H and O–H groups in total. The lowest BCUT2D eigenvalue weighted by molar-refractivity contribution is -0.122. The van der Waals surface area contributed by atoms with Crippen molar-refractivity contribution in [2.45, 2.75) is 39.9 Å². The monoisotopic (exact) mass is 268 g/mol. The molecule has 6 nitrogen and oxygen atoms in total. The summed E-state index contributed by atoms with van der Waals surface area (Å²) in [6.07, 6.45) is 3.60. The van der Waals surface area contributed by atoms with Crippen molar-refractivity contribution in [2.24, 2.45) is 5.92 Å². The molecule has 19 heavy (non-hydrogen) atoms. The fraction of sp³-hybridized carbons (Fsp3) is 0.692. The van der Waals surface area contributed by atoms with Crippen LogP contribution in [0.25, 0.3) is 0 Å². The molecule has 1 aromatic heterocycles. The summed E-state index contributed by atoms with van der Waals surface area (Å²) in [5.41, 5.74) is 0.997. The number of aliphatic hydroxyl groups is 1. The predicted molar refractivity (Wildman–Crippen MR) is 73.5 cm³/mol. The number of aliphatic hydroxyl groups excluding tert-OH is 1. The Balaban J connectivity index is 2.32. The molecule has 0 aromatic carbocycles. The summed E-state index contributed by atoms with van der Waals surface area (Å²) in [6.45, 7) is 7.81. The number of carbonyl (C=O) groups is 1. The van der Waals surface area contributed by atoms with Gasteiger partial charge in [-0.1, -0.05) is 13.8 Å². The minimum atomic E-state index is -0.236. The minimum absolute atomic E-state index is 0.0106. The second kappa shape index (κ2) is 7.91. The Morgan fingerprint density at radius 2 is 2.21 bits per heavy atom. The van der Waals surface area contributed by atoms with E-state index in [4.69, 9.17) is 5.11 Å². The Labute approximate surface area is 114 Å². The fourth-order valence-electron chi connectivity index (χ4n) is 1.54. The first kappa shape index (κ1) is 15.7. The van der Waals surface area contributed by atoms with Crippen LogP contribution in [0.4, 0.5) is 0 Å². The molecule has 1 unspecified atom stereocenters. The maximum absolute atomic E-state index is 11.7. The quantitative estimate of drug-likeness (QED) is 0.626. The second-order valence-corrected chi connectivity index (χ2v) is 5.08. The van der Waals surface area contributed by atoms with Gasteiger partial charge in [-0.05, 0) is 12.8 Å². The summed E-state index contributed by atoms with van der Waals surface area (Å²) in [5, 5.41) is 18.9. The molecule has 1 heterocycles. The number of hydrogen-bond acceptors (Lipinski definition) is 4. The van der Waals surface area contributed by atoms with Crippen molar-refractivity contribution < 1.29 is 9.90 Å². The SMILES string of the molecule is CC(C)CNC(=O)C(C)NCc1cnn(CCO)c1. The van der Waals surface area contributed by atoms with E-state index in [1.165, 1.54) is 0 Å². The number of amides is 1. The third-order valence-corrected chi connectivity index (χ3v) is 2.71. The number of rotatable bonds is 8. The molecule has 6 heteroatoms. The van der Waals surface area contributed by atoms with Gasteiger partial charge >= 0.3 is 0 Å². The van der Waals surface area contributed by atoms with Crippen LogP contribution in [-0.4, -0.2) is 40.0 Å². The average molecular weight is 268 g/mol. The van der Waals surface area contributed by atoms with Gasteiger partial charge < -0.3 is 15.7 Å². The number of aromatic nitrogens is 2. The van der Waals surface area contributed by atoms with Crippen molar-refractivity contribution in [3.8, 4) is 0 Å². The Morgan fingerprint density at radius 3 is 2.84 bits per heavy atom. The molecule has 0 radical (unpaired) electrons. The van der Waals surface area contributed by atoms with Gasteiger partial charge in [0.05, 0.1) is 25.4 Å². The van der Waals surface area contributed by atoms with Crippen LogP contribution >= 0.6 is 0 Å². The van der Waals surface area contributed by atoms with Gasteiger partial charge in [-0.25, -0.2) is 0 Å². The summed E-state index contributed by atoms with van der Waals surface area (Å²) in [6, 6.07) is -0.236. The van der Waals surface area contributed by atoms with Gasteiger partial charge in [-0.3, -0.25) is 9.48 Å². The van der Waals surface area contributed by atoms with Gasteiger partial charge in [0, 0.05) is 24.8 Å². The highest BCUT2D eigenvalue weighted by molar-refractivity contribution is 5.81. The van der Waals surface area contributed by atoms with E-state index < -0.39 is 0 Å². The van der Waals surface area contributed by atoms with Crippen molar-refractivity contribution in [3.05, 3.63) is 18.0 Å². The largest absolute Gasteiger partial charge is 0.394 e. The van der Waals surface area contributed by atoms with Gasteiger partial charge in [-0.15, -0.1) is 0 Å². The third-order valence-electron chi connectivity index (χ3n) is 2.71. The molecule has 0 aliphatic rings. The zero-order valence-electron chi connectivity index (χ0n) is 11.9. The summed E-state index contributed by atoms with van der Waals surface area (Å²) >= 11 is 0. The first-order chi connectivity index (χ1) is 9.02. The molecule has 0 fully saturated rings. The zero-order chi connectivity index (χ0) is 14.3. The van der Waals surface area contributed by atoms with Crippen LogP contribution in [0.2, 0.25) is 0 Å². The lowest BCUT2D eigenvalue weighted by Gasteiger charge is -2.14. The van der Waals surface area contributed by atoms with Crippen molar-refractivity contribution >= 4 is 5.91 Å². The Kier molecular flexibility index (Phi) is 6.52. The first-order valence-corrected chi connectivity index (χ1v) is 6.66. The van der Waals surface area contributed by atoms with Crippen LogP contribution in [0.15, 0.2) is 12.4 Å². The van der Waals surface area contributed by atoms with E-state index in [0.29, 0.717) is 25.6 Å². The minimum Gasteiger partial charge on any atom is -0.394 e. The molecule has 1 aromatic rings. The lowest BCUT2D eigenvalue weighted by atomic mass is 10.2. The molecule has 0 aliphatic carbocycles. The highest BCUT2D eigenvalue weighted by Crippen LogP contribution is 1.98. The van der Waals surface area contributed by atoms with Gasteiger partial charge in [0.2, 0.25) is 5.91 Å². The maximum atomic E-state index is 11.7. The maximum Gasteiger partial charge on any atom is 0.236 e. The highest BCUT2D eigenvalue weighted by atomic mass is 16.3. The van der Waals surface area contributed by atoms with E-state index in [1.807, 2.05) is 13.1 Å². The molecule has 108 valence electrons.